The van der Waals surface area contributed by atoms with Crippen LogP contribution in [-0.4, -0.2) is 22.8 Å². The number of rotatable bonds is 5. The lowest BCUT2D eigenvalue weighted by Crippen LogP contribution is -2.31. The number of benzene rings is 1. The number of nitrogens with one attached hydrogen (secondary N) is 2. The molecule has 7 heteroatoms. The second kappa shape index (κ2) is 7.27. The van der Waals surface area contributed by atoms with E-state index in [1.165, 1.54) is 6.26 Å². The maximum atomic E-state index is 12.5. The van der Waals surface area contributed by atoms with E-state index in [2.05, 4.69) is 15.6 Å². The van der Waals surface area contributed by atoms with Gasteiger partial charge in [-0.05, 0) is 44.9 Å². The van der Waals surface area contributed by atoms with Gasteiger partial charge in [-0.2, -0.15) is 0 Å². The first-order valence-corrected chi connectivity index (χ1v) is 8.69. The summed E-state index contributed by atoms with van der Waals surface area (Å²) in [5.41, 5.74) is 0.870. The first kappa shape index (κ1) is 17.5. The van der Waals surface area contributed by atoms with Crippen LogP contribution in [0.25, 0.3) is 0 Å². The number of carbonyl (C=O) groups is 2. The normalized spacial score (nSPS) is 14.2. The number of halogens is 1. The van der Waals surface area contributed by atoms with Gasteiger partial charge < -0.3 is 15.1 Å². The molecule has 1 fully saturated rings. The largest absolute Gasteiger partial charge is 0.448 e. The Morgan fingerprint density at radius 1 is 1.28 bits per heavy atom. The number of hydrogen-bond acceptors (Lipinski definition) is 4. The smallest absolute Gasteiger partial charge is 0.277 e. The highest BCUT2D eigenvalue weighted by molar-refractivity contribution is 6.31. The molecule has 0 unspecified atom stereocenters. The Bertz CT molecular complexity index is 797. The van der Waals surface area contributed by atoms with Crippen LogP contribution >= 0.6 is 11.6 Å². The molecule has 3 rings (SSSR count). The van der Waals surface area contributed by atoms with Crippen LogP contribution in [0, 0.1) is 0 Å². The van der Waals surface area contributed by atoms with Crippen LogP contribution in [0.15, 0.2) is 28.9 Å². The predicted octanol–water partition coefficient (Wildman–Crippen LogP) is 3.99. The zero-order chi connectivity index (χ0) is 18.0. The van der Waals surface area contributed by atoms with Gasteiger partial charge in [-0.15, -0.1) is 0 Å². The Kier molecular flexibility index (Phi) is 5.08. The lowest BCUT2D eigenvalue weighted by molar-refractivity contribution is 0.0944. The van der Waals surface area contributed by atoms with Crippen LogP contribution in [0.2, 0.25) is 5.02 Å². The number of amides is 2. The van der Waals surface area contributed by atoms with Gasteiger partial charge in [-0.1, -0.05) is 18.0 Å². The van der Waals surface area contributed by atoms with Gasteiger partial charge in [0, 0.05) is 17.0 Å². The molecule has 0 spiro atoms. The molecule has 6 nitrogen and oxygen atoms in total. The van der Waals surface area contributed by atoms with Gasteiger partial charge in [0.15, 0.2) is 11.6 Å². The topological polar surface area (TPSA) is 84.2 Å². The molecule has 0 atom stereocenters. The molecule has 2 amide bonds. The van der Waals surface area contributed by atoms with Crippen molar-refractivity contribution in [3.8, 4) is 0 Å². The van der Waals surface area contributed by atoms with Gasteiger partial charge in [-0.3, -0.25) is 9.59 Å². The Balaban J connectivity index is 1.79. The molecule has 1 aromatic carbocycles. The van der Waals surface area contributed by atoms with Gasteiger partial charge in [0.2, 0.25) is 0 Å². The minimum absolute atomic E-state index is 0.0210. The first-order chi connectivity index (χ1) is 11.9. The summed E-state index contributed by atoms with van der Waals surface area (Å²) in [4.78, 5) is 29.0. The van der Waals surface area contributed by atoms with Crippen LogP contribution in [0.3, 0.4) is 0 Å². The SMILES string of the molecule is CC(C)NC(=O)c1ccc(Cl)cc1NC(=O)c1coc(C2CCC2)n1. The van der Waals surface area contributed by atoms with Gasteiger partial charge in [-0.25, -0.2) is 4.98 Å². The number of anilines is 1. The molecule has 0 bridgehead atoms. The molecule has 25 heavy (non-hydrogen) atoms. The van der Waals surface area contributed by atoms with E-state index in [0.717, 1.165) is 19.3 Å². The van der Waals surface area contributed by atoms with Crippen molar-refractivity contribution in [3.05, 3.63) is 46.6 Å². The van der Waals surface area contributed by atoms with Crippen molar-refractivity contribution < 1.29 is 14.0 Å². The van der Waals surface area contributed by atoms with E-state index in [0.29, 0.717) is 28.1 Å². The monoisotopic (exact) mass is 361 g/mol. The maximum Gasteiger partial charge on any atom is 0.277 e. The number of carbonyl (C=O) groups excluding carboxylic acids is 2. The van der Waals surface area contributed by atoms with E-state index in [9.17, 15) is 9.59 Å². The van der Waals surface area contributed by atoms with Gasteiger partial charge in [0.1, 0.15) is 6.26 Å². The molecule has 0 aliphatic heterocycles. The van der Waals surface area contributed by atoms with E-state index >= 15 is 0 Å². The minimum Gasteiger partial charge on any atom is -0.448 e. The zero-order valence-electron chi connectivity index (χ0n) is 14.1. The highest BCUT2D eigenvalue weighted by atomic mass is 35.5. The molecule has 0 radical (unpaired) electrons. The average Bonchev–Trinajstić information content (AvgIpc) is 2.94. The number of hydrogen-bond donors (Lipinski definition) is 2. The molecule has 1 aromatic heterocycles. The van der Waals surface area contributed by atoms with Crippen LogP contribution < -0.4 is 10.6 Å². The van der Waals surface area contributed by atoms with E-state index in [1.54, 1.807) is 18.2 Å². The fourth-order valence-corrected chi connectivity index (χ4v) is 2.75. The van der Waals surface area contributed by atoms with Crippen molar-refractivity contribution in [1.82, 2.24) is 10.3 Å². The van der Waals surface area contributed by atoms with Crippen LogP contribution in [-0.2, 0) is 0 Å². The molecule has 2 aromatic rings. The Morgan fingerprint density at radius 2 is 2.04 bits per heavy atom. The third-order valence-corrected chi connectivity index (χ3v) is 4.34. The van der Waals surface area contributed by atoms with Gasteiger partial charge >= 0.3 is 0 Å². The minimum atomic E-state index is -0.435. The zero-order valence-corrected chi connectivity index (χ0v) is 14.9. The summed E-state index contributed by atoms with van der Waals surface area (Å²) < 4.78 is 5.40. The second-order valence-electron chi connectivity index (χ2n) is 6.47. The lowest BCUT2D eigenvalue weighted by atomic mass is 9.85. The lowest BCUT2D eigenvalue weighted by Gasteiger charge is -2.21. The summed E-state index contributed by atoms with van der Waals surface area (Å²) in [6.45, 7) is 3.73. The van der Waals surface area contributed by atoms with Crippen LogP contribution in [0.1, 0.15) is 65.8 Å². The average molecular weight is 362 g/mol. The van der Waals surface area contributed by atoms with Gasteiger partial charge in [0.05, 0.1) is 11.3 Å². The van der Waals surface area contributed by atoms with Crippen LogP contribution in [0.4, 0.5) is 5.69 Å². The number of nitrogens with zero attached hydrogens (tertiary/aromatic N) is 1. The summed E-state index contributed by atoms with van der Waals surface area (Å²) in [5, 5.41) is 5.92. The maximum absolute atomic E-state index is 12.5. The molecule has 1 heterocycles. The van der Waals surface area contributed by atoms with Crippen molar-refractivity contribution in [1.29, 1.82) is 0 Å². The van der Waals surface area contributed by atoms with Crippen molar-refractivity contribution in [2.75, 3.05) is 5.32 Å². The Labute approximate surface area is 151 Å². The van der Waals surface area contributed by atoms with E-state index in [1.807, 2.05) is 13.8 Å². The third-order valence-electron chi connectivity index (χ3n) is 4.10. The van der Waals surface area contributed by atoms with Crippen LogP contribution in [0.5, 0.6) is 0 Å². The fraction of sp³-hybridized carbons (Fsp3) is 0.389. The van der Waals surface area contributed by atoms with Gasteiger partial charge in [0.25, 0.3) is 11.8 Å². The molecule has 1 aliphatic carbocycles. The van der Waals surface area contributed by atoms with Crippen molar-refractivity contribution in [2.24, 2.45) is 0 Å². The van der Waals surface area contributed by atoms with E-state index < -0.39 is 5.91 Å². The fourth-order valence-electron chi connectivity index (χ4n) is 2.58. The summed E-state index contributed by atoms with van der Waals surface area (Å²) in [6.07, 6.45) is 4.58. The molecule has 132 valence electrons. The predicted molar refractivity (Wildman–Crippen MR) is 95.1 cm³/mol. The molecule has 2 N–H and O–H groups in total. The van der Waals surface area contributed by atoms with E-state index in [-0.39, 0.29) is 17.6 Å². The molecular weight excluding hydrogens is 342 g/mol. The highest BCUT2D eigenvalue weighted by Gasteiger charge is 2.26. The number of oxazole rings is 1. The summed E-state index contributed by atoms with van der Waals surface area (Å²) in [7, 11) is 0. The summed E-state index contributed by atoms with van der Waals surface area (Å²) >= 11 is 6.01. The quantitative estimate of drug-likeness (QED) is 0.843. The summed E-state index contributed by atoms with van der Waals surface area (Å²) in [5.74, 6) is 0.188. The highest BCUT2D eigenvalue weighted by Crippen LogP contribution is 2.35. The number of aromatic nitrogens is 1. The standard InChI is InChI=1S/C18H20ClN3O3/c1-10(2)20-16(23)13-7-6-12(19)8-14(13)21-17(24)15-9-25-18(22-15)11-4-3-5-11/h6-11H,3-5H2,1-2H3,(H,20,23)(H,21,24). The Morgan fingerprint density at radius 3 is 2.68 bits per heavy atom. The first-order valence-electron chi connectivity index (χ1n) is 8.31. The molecule has 0 saturated heterocycles. The third kappa shape index (κ3) is 4.02. The Hall–Kier alpha value is -2.34. The molecule has 1 saturated carbocycles. The summed E-state index contributed by atoms with van der Waals surface area (Å²) in [6, 6.07) is 4.71. The van der Waals surface area contributed by atoms with Crippen molar-refractivity contribution in [2.45, 2.75) is 45.1 Å². The van der Waals surface area contributed by atoms with Crippen molar-refractivity contribution in [3.63, 3.8) is 0 Å². The van der Waals surface area contributed by atoms with Crippen molar-refractivity contribution >= 4 is 29.1 Å². The molecular formula is C18H20ClN3O3. The molecule has 1 aliphatic rings. The second-order valence-corrected chi connectivity index (χ2v) is 6.91. The van der Waals surface area contributed by atoms with E-state index in [4.69, 9.17) is 16.0 Å².